The first kappa shape index (κ1) is 17.0. The predicted molar refractivity (Wildman–Crippen MR) is 72.3 cm³/mol. The minimum atomic E-state index is -4.58. The van der Waals surface area contributed by atoms with Gasteiger partial charge in [-0.1, -0.05) is 6.92 Å². The second-order valence-corrected chi connectivity index (χ2v) is 7.71. The monoisotopic (exact) mass is 317 g/mol. The van der Waals surface area contributed by atoms with Crippen LogP contribution in [0.3, 0.4) is 0 Å². The Balaban J connectivity index is 3.22. The molecule has 1 saturated heterocycles. The molecule has 0 aromatic carbocycles. The van der Waals surface area contributed by atoms with Crippen molar-refractivity contribution in [2.75, 3.05) is 11.5 Å². The Bertz CT molecular complexity index is 330. The molecule has 1 heterocycles. The molecule has 19 heavy (non-hydrogen) atoms. The molecule has 0 radical (unpaired) electrons. The summed E-state index contributed by atoms with van der Waals surface area (Å²) < 4.78 is 38.8. The van der Waals surface area contributed by atoms with Gasteiger partial charge in [-0.05, 0) is 24.9 Å². The van der Waals surface area contributed by atoms with Crippen LogP contribution in [0.25, 0.3) is 0 Å². The first-order valence-electron chi connectivity index (χ1n) is 5.96. The zero-order chi connectivity index (χ0) is 14.8. The molecule has 3 unspecified atom stereocenters. The quantitative estimate of drug-likeness (QED) is 0.835. The maximum atomic E-state index is 13.4. The first-order valence-corrected chi connectivity index (χ1v) is 7.93. The molecule has 1 aliphatic rings. The van der Waals surface area contributed by atoms with Crippen LogP contribution in [-0.2, 0) is 4.79 Å². The molecule has 112 valence electrons. The molecule has 0 saturated carbocycles. The Hall–Kier alpha value is -0.0800. The second-order valence-electron chi connectivity index (χ2n) is 4.71. The Labute approximate surface area is 118 Å². The van der Waals surface area contributed by atoms with E-state index in [-0.39, 0.29) is 0 Å². The topological polar surface area (TPSA) is 63.3 Å². The van der Waals surface area contributed by atoms with E-state index in [1.54, 1.807) is 0 Å². The number of halogens is 3. The van der Waals surface area contributed by atoms with E-state index in [9.17, 15) is 18.0 Å². The summed E-state index contributed by atoms with van der Waals surface area (Å²) in [4.78, 5) is 11.0. The molecule has 0 bridgehead atoms. The number of carboxylic acid groups (broad SMARTS) is 1. The molecular weight excluding hydrogens is 299 g/mol. The zero-order valence-electron chi connectivity index (χ0n) is 10.7. The summed E-state index contributed by atoms with van der Waals surface area (Å²) in [5, 5.41) is 8.98. The SMILES string of the molecule is CC(C(=O)O)C(C(F)(F)F)C1(C(C)N)SCCCS1. The molecule has 1 rings (SSSR count). The number of hydrogen-bond acceptors (Lipinski definition) is 4. The van der Waals surface area contributed by atoms with Crippen molar-refractivity contribution in [1.82, 2.24) is 0 Å². The Morgan fingerprint density at radius 1 is 1.32 bits per heavy atom. The van der Waals surface area contributed by atoms with E-state index < -0.39 is 34.1 Å². The van der Waals surface area contributed by atoms with Gasteiger partial charge in [-0.25, -0.2) is 0 Å². The van der Waals surface area contributed by atoms with Crippen molar-refractivity contribution in [3.63, 3.8) is 0 Å². The number of aliphatic carboxylic acids is 1. The van der Waals surface area contributed by atoms with E-state index in [4.69, 9.17) is 10.8 Å². The molecule has 3 N–H and O–H groups in total. The first-order chi connectivity index (χ1) is 8.63. The van der Waals surface area contributed by atoms with Crippen LogP contribution >= 0.6 is 23.5 Å². The molecule has 0 aromatic heterocycles. The van der Waals surface area contributed by atoms with Crippen LogP contribution in [0.15, 0.2) is 0 Å². The molecule has 8 heteroatoms. The summed E-state index contributed by atoms with van der Waals surface area (Å²) >= 11 is 2.31. The summed E-state index contributed by atoms with van der Waals surface area (Å²) in [5.41, 5.74) is 5.80. The fourth-order valence-corrected chi connectivity index (χ4v) is 6.08. The highest BCUT2D eigenvalue weighted by Crippen LogP contribution is 2.56. The van der Waals surface area contributed by atoms with E-state index in [1.165, 1.54) is 6.92 Å². The number of thioether (sulfide) groups is 2. The van der Waals surface area contributed by atoms with Gasteiger partial charge in [0, 0.05) is 6.04 Å². The van der Waals surface area contributed by atoms with Crippen LogP contribution in [0.4, 0.5) is 13.2 Å². The lowest BCUT2D eigenvalue weighted by Gasteiger charge is -2.46. The number of alkyl halides is 3. The number of nitrogens with two attached hydrogens (primary N) is 1. The van der Waals surface area contributed by atoms with Crippen LogP contribution < -0.4 is 5.73 Å². The molecule has 1 fully saturated rings. The second kappa shape index (κ2) is 6.13. The third kappa shape index (κ3) is 3.52. The summed E-state index contributed by atoms with van der Waals surface area (Å²) in [7, 11) is 0. The third-order valence-electron chi connectivity index (χ3n) is 3.25. The molecular formula is C11H18F3NO2S2. The van der Waals surface area contributed by atoms with Gasteiger partial charge in [0.1, 0.15) is 0 Å². The lowest BCUT2D eigenvalue weighted by atomic mass is 9.86. The smallest absolute Gasteiger partial charge is 0.394 e. The minimum Gasteiger partial charge on any atom is -0.481 e. The average molecular weight is 317 g/mol. The lowest BCUT2D eigenvalue weighted by molar-refractivity contribution is -0.198. The fourth-order valence-electron chi connectivity index (χ4n) is 2.29. The average Bonchev–Trinajstić information content (AvgIpc) is 2.28. The largest absolute Gasteiger partial charge is 0.481 e. The molecule has 0 spiro atoms. The zero-order valence-corrected chi connectivity index (χ0v) is 12.4. The highest BCUT2D eigenvalue weighted by molar-refractivity contribution is 8.18. The summed E-state index contributed by atoms with van der Waals surface area (Å²) in [6.45, 7) is 2.64. The normalized spacial score (nSPS) is 24.5. The third-order valence-corrected chi connectivity index (χ3v) is 7.10. The van der Waals surface area contributed by atoms with E-state index >= 15 is 0 Å². The number of rotatable bonds is 4. The maximum Gasteiger partial charge on any atom is 0.394 e. The highest BCUT2D eigenvalue weighted by atomic mass is 32.2. The number of hydrogen-bond donors (Lipinski definition) is 2. The standard InChI is InChI=1S/C11H18F3NO2S2/c1-6(9(16)17)8(11(12,13)14)10(7(2)15)18-4-3-5-19-10/h6-8H,3-5,15H2,1-2H3,(H,16,17). The molecule has 0 aromatic rings. The van der Waals surface area contributed by atoms with Gasteiger partial charge in [-0.15, -0.1) is 23.5 Å². The van der Waals surface area contributed by atoms with Crippen LogP contribution in [0.2, 0.25) is 0 Å². The molecule has 1 aliphatic heterocycles. The molecule has 3 atom stereocenters. The van der Waals surface area contributed by atoms with Gasteiger partial charge in [-0.2, -0.15) is 13.2 Å². The maximum absolute atomic E-state index is 13.4. The van der Waals surface area contributed by atoms with Crippen molar-refractivity contribution >= 4 is 29.5 Å². The van der Waals surface area contributed by atoms with E-state index in [1.807, 2.05) is 0 Å². The summed E-state index contributed by atoms with van der Waals surface area (Å²) in [6.07, 6.45) is -3.77. The van der Waals surface area contributed by atoms with Gasteiger partial charge in [0.05, 0.1) is 15.9 Å². The van der Waals surface area contributed by atoms with Gasteiger partial charge in [0.25, 0.3) is 0 Å². The Morgan fingerprint density at radius 3 is 2.11 bits per heavy atom. The van der Waals surface area contributed by atoms with Crippen molar-refractivity contribution in [3.8, 4) is 0 Å². The van der Waals surface area contributed by atoms with E-state index in [0.29, 0.717) is 11.5 Å². The van der Waals surface area contributed by atoms with Gasteiger partial charge in [0.15, 0.2) is 0 Å². The number of carbonyl (C=O) groups is 1. The minimum absolute atomic E-state index is 0.577. The predicted octanol–water partition coefficient (Wildman–Crippen LogP) is 2.80. The Kier molecular flexibility index (Phi) is 5.48. The van der Waals surface area contributed by atoms with Gasteiger partial charge in [-0.3, -0.25) is 4.79 Å². The van der Waals surface area contributed by atoms with Crippen LogP contribution in [0.5, 0.6) is 0 Å². The van der Waals surface area contributed by atoms with E-state index in [2.05, 4.69) is 0 Å². The fraction of sp³-hybridized carbons (Fsp3) is 0.909. The number of carboxylic acids is 1. The van der Waals surface area contributed by atoms with Crippen molar-refractivity contribution in [2.45, 2.75) is 36.6 Å². The Morgan fingerprint density at radius 2 is 1.79 bits per heavy atom. The van der Waals surface area contributed by atoms with Gasteiger partial charge < -0.3 is 10.8 Å². The van der Waals surface area contributed by atoms with Gasteiger partial charge in [0.2, 0.25) is 0 Å². The molecule has 0 amide bonds. The summed E-state index contributed by atoms with van der Waals surface area (Å²) in [5.74, 6) is -3.74. The van der Waals surface area contributed by atoms with Crippen molar-refractivity contribution < 1.29 is 23.1 Å². The van der Waals surface area contributed by atoms with Crippen molar-refractivity contribution in [2.24, 2.45) is 17.6 Å². The summed E-state index contributed by atoms with van der Waals surface area (Å²) in [6, 6.07) is -0.740. The van der Waals surface area contributed by atoms with Crippen molar-refractivity contribution in [3.05, 3.63) is 0 Å². The van der Waals surface area contributed by atoms with Crippen molar-refractivity contribution in [1.29, 1.82) is 0 Å². The lowest BCUT2D eigenvalue weighted by Crippen LogP contribution is -2.56. The van der Waals surface area contributed by atoms with Gasteiger partial charge >= 0.3 is 12.1 Å². The van der Waals surface area contributed by atoms with Crippen LogP contribution in [-0.4, -0.2) is 38.9 Å². The molecule has 3 nitrogen and oxygen atoms in total. The van der Waals surface area contributed by atoms with Crippen LogP contribution in [0.1, 0.15) is 20.3 Å². The highest BCUT2D eigenvalue weighted by Gasteiger charge is 2.60. The van der Waals surface area contributed by atoms with Crippen LogP contribution in [0, 0.1) is 11.8 Å². The van der Waals surface area contributed by atoms with E-state index in [0.717, 1.165) is 36.9 Å². The molecule has 0 aliphatic carbocycles.